The highest BCUT2D eigenvalue weighted by molar-refractivity contribution is 6.02. The van der Waals surface area contributed by atoms with Crippen LogP contribution in [0.5, 0.6) is 0 Å². The van der Waals surface area contributed by atoms with E-state index in [2.05, 4.69) is 0 Å². The van der Waals surface area contributed by atoms with Gasteiger partial charge in [-0.3, -0.25) is 4.79 Å². The highest BCUT2D eigenvalue weighted by atomic mass is 16.4. The van der Waals surface area contributed by atoms with Gasteiger partial charge in [-0.05, 0) is 55.7 Å². The van der Waals surface area contributed by atoms with Crippen LogP contribution in [0.3, 0.4) is 0 Å². The van der Waals surface area contributed by atoms with Crippen LogP contribution >= 0.6 is 0 Å². The molecule has 0 bridgehead atoms. The third-order valence-corrected chi connectivity index (χ3v) is 2.86. The lowest BCUT2D eigenvalue weighted by atomic mass is 9.82. The molecule has 0 spiro atoms. The summed E-state index contributed by atoms with van der Waals surface area (Å²) in [7, 11) is 0. The van der Waals surface area contributed by atoms with Crippen molar-refractivity contribution in [1.82, 2.24) is 0 Å². The van der Waals surface area contributed by atoms with Crippen LogP contribution in [0.4, 0.5) is 0 Å². The normalized spacial score (nSPS) is 19.8. The van der Waals surface area contributed by atoms with Crippen LogP contribution in [0.1, 0.15) is 20.8 Å². The average molecular weight is 248 g/mol. The van der Waals surface area contributed by atoms with Crippen molar-refractivity contribution < 1.29 is 19.8 Å². The Balaban J connectivity index is 3.05. The monoisotopic (exact) mass is 248 g/mol. The van der Waals surface area contributed by atoms with Crippen LogP contribution in [0.15, 0.2) is 47.1 Å². The fourth-order valence-electron chi connectivity index (χ4n) is 1.76. The van der Waals surface area contributed by atoms with Crippen LogP contribution < -0.4 is 0 Å². The maximum absolute atomic E-state index is 11.3. The van der Waals surface area contributed by atoms with Crippen LogP contribution in [0.2, 0.25) is 0 Å². The zero-order valence-electron chi connectivity index (χ0n) is 10.6. The lowest BCUT2D eigenvalue weighted by Crippen LogP contribution is -2.32. The van der Waals surface area contributed by atoms with Gasteiger partial charge < -0.3 is 10.2 Å². The zero-order valence-corrected chi connectivity index (χ0v) is 10.6. The molecule has 1 aliphatic rings. The Bertz CT molecular complexity index is 482. The first-order chi connectivity index (χ1) is 8.25. The Morgan fingerprint density at radius 3 is 2.22 bits per heavy atom. The van der Waals surface area contributed by atoms with E-state index in [1.54, 1.807) is 20.8 Å². The number of allylic oxidation sites excluding steroid dienone is 4. The van der Waals surface area contributed by atoms with Crippen molar-refractivity contribution >= 4 is 11.8 Å². The van der Waals surface area contributed by atoms with Gasteiger partial charge in [0.1, 0.15) is 5.60 Å². The molecule has 2 N–H and O–H groups in total. The molecule has 1 aliphatic carbocycles. The second-order valence-corrected chi connectivity index (χ2v) is 4.38. The first-order valence-corrected chi connectivity index (χ1v) is 5.50. The number of carboxylic acid groups (broad SMARTS) is 1. The van der Waals surface area contributed by atoms with Gasteiger partial charge in [0, 0.05) is 6.08 Å². The molecule has 0 unspecified atom stereocenters. The van der Waals surface area contributed by atoms with E-state index in [0.29, 0.717) is 16.7 Å². The largest absolute Gasteiger partial charge is 0.478 e. The Hall–Kier alpha value is -1.94. The van der Waals surface area contributed by atoms with Crippen molar-refractivity contribution in [3.8, 4) is 0 Å². The molecule has 0 atom stereocenters. The lowest BCUT2D eigenvalue weighted by Gasteiger charge is -2.29. The molecule has 0 saturated heterocycles. The summed E-state index contributed by atoms with van der Waals surface area (Å²) < 4.78 is 0. The van der Waals surface area contributed by atoms with Gasteiger partial charge in [0.25, 0.3) is 0 Å². The van der Waals surface area contributed by atoms with E-state index in [-0.39, 0.29) is 5.78 Å². The van der Waals surface area contributed by atoms with Crippen molar-refractivity contribution in [1.29, 1.82) is 0 Å². The minimum absolute atomic E-state index is 0.152. The van der Waals surface area contributed by atoms with Gasteiger partial charge in [-0.1, -0.05) is 6.08 Å². The third kappa shape index (κ3) is 3.05. The Morgan fingerprint density at radius 1 is 1.28 bits per heavy atom. The number of carboxylic acids is 1. The van der Waals surface area contributed by atoms with E-state index in [4.69, 9.17) is 5.11 Å². The summed E-state index contributed by atoms with van der Waals surface area (Å²) in [6, 6.07) is 0. The molecule has 0 saturated carbocycles. The van der Waals surface area contributed by atoms with Crippen molar-refractivity contribution in [3.63, 3.8) is 0 Å². The lowest BCUT2D eigenvalue weighted by molar-refractivity contribution is -0.131. The predicted molar refractivity (Wildman–Crippen MR) is 68.0 cm³/mol. The van der Waals surface area contributed by atoms with E-state index in [9.17, 15) is 14.7 Å². The Morgan fingerprint density at radius 2 is 1.78 bits per heavy atom. The molecule has 1 rings (SSSR count). The number of rotatable bonds is 3. The first kappa shape index (κ1) is 14.1. The summed E-state index contributed by atoms with van der Waals surface area (Å²) in [6.07, 6.45) is 6.80. The van der Waals surface area contributed by atoms with Crippen molar-refractivity contribution in [2.75, 3.05) is 0 Å². The van der Waals surface area contributed by atoms with E-state index >= 15 is 0 Å². The summed E-state index contributed by atoms with van der Waals surface area (Å²) in [5.41, 5.74) is 0.230. The van der Waals surface area contributed by atoms with Crippen LogP contribution in [0, 0.1) is 0 Å². The molecule has 0 aromatic rings. The van der Waals surface area contributed by atoms with E-state index in [0.717, 1.165) is 6.08 Å². The molecule has 96 valence electrons. The van der Waals surface area contributed by atoms with Gasteiger partial charge in [-0.2, -0.15) is 0 Å². The molecule has 0 amide bonds. The van der Waals surface area contributed by atoms with Gasteiger partial charge >= 0.3 is 5.97 Å². The maximum Gasteiger partial charge on any atom is 0.328 e. The van der Waals surface area contributed by atoms with Crippen molar-refractivity contribution in [3.05, 3.63) is 47.1 Å². The molecule has 0 aromatic carbocycles. The fraction of sp³-hybridized carbons (Fsp3) is 0.286. The van der Waals surface area contributed by atoms with Crippen LogP contribution in [0.25, 0.3) is 0 Å². The number of aliphatic carboxylic acids is 1. The number of carbonyl (C=O) groups excluding carboxylic acids is 1. The van der Waals surface area contributed by atoms with E-state index in [1.165, 1.54) is 24.3 Å². The second kappa shape index (κ2) is 5.14. The van der Waals surface area contributed by atoms with Crippen molar-refractivity contribution in [2.24, 2.45) is 0 Å². The second-order valence-electron chi connectivity index (χ2n) is 4.38. The number of aliphatic hydroxyl groups is 1. The van der Waals surface area contributed by atoms with Gasteiger partial charge in [0.15, 0.2) is 5.78 Å². The molecule has 0 aliphatic heterocycles. The standard InChI is InChI=1S/C14H16O4/c1-9(6-13(16)17)4-5-14(18)10(2)7-12(15)8-11(14)3/h4-8,18H,1-3H3,(H,16,17)/b5-4+,9-6-. The summed E-state index contributed by atoms with van der Waals surface area (Å²) in [4.78, 5) is 21.8. The topological polar surface area (TPSA) is 74.6 Å². The van der Waals surface area contributed by atoms with Gasteiger partial charge in [-0.15, -0.1) is 0 Å². The molecule has 4 heteroatoms. The number of ketones is 1. The minimum atomic E-state index is -1.32. The van der Waals surface area contributed by atoms with Crippen LogP contribution in [-0.4, -0.2) is 27.6 Å². The smallest absolute Gasteiger partial charge is 0.328 e. The van der Waals surface area contributed by atoms with Crippen molar-refractivity contribution in [2.45, 2.75) is 26.4 Å². The quantitative estimate of drug-likeness (QED) is 0.589. The Kier molecular flexibility index (Phi) is 4.03. The fourth-order valence-corrected chi connectivity index (χ4v) is 1.76. The molecular weight excluding hydrogens is 232 g/mol. The van der Waals surface area contributed by atoms with Gasteiger partial charge in [-0.25, -0.2) is 4.79 Å². The molecule has 0 radical (unpaired) electrons. The molecule has 18 heavy (non-hydrogen) atoms. The SMILES string of the molecule is CC1=CC(=O)C=C(C)C1(O)/C=C/C(C)=C\C(=O)O. The average Bonchev–Trinajstić information content (AvgIpc) is 2.22. The maximum atomic E-state index is 11.3. The van der Waals surface area contributed by atoms with Gasteiger partial charge in [0.05, 0.1) is 0 Å². The number of hydrogen-bond donors (Lipinski definition) is 2. The number of carbonyl (C=O) groups is 2. The molecule has 0 aromatic heterocycles. The van der Waals surface area contributed by atoms with E-state index < -0.39 is 11.6 Å². The first-order valence-electron chi connectivity index (χ1n) is 5.50. The minimum Gasteiger partial charge on any atom is -0.478 e. The highest BCUT2D eigenvalue weighted by Gasteiger charge is 2.31. The number of hydrogen-bond acceptors (Lipinski definition) is 3. The van der Waals surface area contributed by atoms with Crippen LogP contribution in [-0.2, 0) is 9.59 Å². The zero-order chi connectivity index (χ0) is 13.9. The molecule has 0 heterocycles. The summed E-state index contributed by atoms with van der Waals surface area (Å²) in [6.45, 7) is 4.95. The van der Waals surface area contributed by atoms with Gasteiger partial charge in [0.2, 0.25) is 0 Å². The third-order valence-electron chi connectivity index (χ3n) is 2.86. The molecule has 4 nitrogen and oxygen atoms in total. The molecular formula is C14H16O4. The summed E-state index contributed by atoms with van der Waals surface area (Å²) in [5, 5.41) is 19.0. The highest BCUT2D eigenvalue weighted by Crippen LogP contribution is 2.30. The summed E-state index contributed by atoms with van der Waals surface area (Å²) in [5.74, 6) is -1.19. The Labute approximate surface area is 106 Å². The molecule has 0 fully saturated rings. The summed E-state index contributed by atoms with van der Waals surface area (Å²) >= 11 is 0. The predicted octanol–water partition coefficient (Wildman–Crippen LogP) is 1.78. The van der Waals surface area contributed by atoms with E-state index in [1.807, 2.05) is 0 Å².